The molecule has 0 saturated carbocycles. The molecule has 0 radical (unpaired) electrons. The van der Waals surface area contributed by atoms with Crippen molar-refractivity contribution in [1.82, 2.24) is 4.90 Å². The highest BCUT2D eigenvalue weighted by atomic mass is 32.2. The zero-order valence-electron chi connectivity index (χ0n) is 7.44. The van der Waals surface area contributed by atoms with Gasteiger partial charge in [0.25, 0.3) is 0 Å². The molecule has 1 amide bonds. The lowest BCUT2D eigenvalue weighted by Gasteiger charge is -2.33. The van der Waals surface area contributed by atoms with Crippen molar-refractivity contribution < 1.29 is 9.53 Å². The van der Waals surface area contributed by atoms with Gasteiger partial charge in [-0.3, -0.25) is 4.79 Å². The van der Waals surface area contributed by atoms with Gasteiger partial charge in [0, 0.05) is 25.5 Å². The first-order valence-corrected chi connectivity index (χ1v) is 5.60. The lowest BCUT2D eigenvalue weighted by Crippen LogP contribution is -2.41. The molecule has 0 unspecified atom stereocenters. The highest BCUT2D eigenvalue weighted by molar-refractivity contribution is 8.02. The third kappa shape index (κ3) is 2.06. The standard InChI is InChI=1S/C9H13NO2S/c11-9-7-13-6-3-10(9)8-1-4-12-5-2-8/h3,6,8H,1-2,4-5,7H2. The van der Waals surface area contributed by atoms with E-state index < -0.39 is 0 Å². The Morgan fingerprint density at radius 1 is 1.46 bits per heavy atom. The average molecular weight is 199 g/mol. The fourth-order valence-electron chi connectivity index (χ4n) is 1.67. The molecule has 2 heterocycles. The summed E-state index contributed by atoms with van der Waals surface area (Å²) in [6.45, 7) is 1.57. The van der Waals surface area contributed by atoms with E-state index in [1.165, 1.54) is 0 Å². The van der Waals surface area contributed by atoms with E-state index in [4.69, 9.17) is 4.74 Å². The number of ether oxygens (including phenoxy) is 1. The summed E-state index contributed by atoms with van der Waals surface area (Å²) < 4.78 is 5.26. The minimum absolute atomic E-state index is 0.236. The van der Waals surface area contributed by atoms with Crippen molar-refractivity contribution in [3.63, 3.8) is 0 Å². The molecule has 1 saturated heterocycles. The molecule has 72 valence electrons. The monoisotopic (exact) mass is 199 g/mol. The topological polar surface area (TPSA) is 29.5 Å². The number of hydrogen-bond donors (Lipinski definition) is 0. The minimum atomic E-state index is 0.236. The summed E-state index contributed by atoms with van der Waals surface area (Å²) in [6, 6.07) is 0.374. The average Bonchev–Trinajstić information content (AvgIpc) is 2.20. The van der Waals surface area contributed by atoms with Gasteiger partial charge in [0.2, 0.25) is 5.91 Å². The van der Waals surface area contributed by atoms with Gasteiger partial charge in [0.05, 0.1) is 5.75 Å². The fraction of sp³-hybridized carbons (Fsp3) is 0.667. The molecular weight excluding hydrogens is 186 g/mol. The maximum absolute atomic E-state index is 11.5. The molecule has 1 fully saturated rings. The molecule has 0 atom stereocenters. The number of carbonyl (C=O) groups is 1. The second kappa shape index (κ2) is 4.15. The predicted molar refractivity (Wildman–Crippen MR) is 52.3 cm³/mol. The van der Waals surface area contributed by atoms with Gasteiger partial charge in [-0.05, 0) is 18.2 Å². The van der Waals surface area contributed by atoms with Crippen LogP contribution in [0.25, 0.3) is 0 Å². The van der Waals surface area contributed by atoms with E-state index in [1.54, 1.807) is 11.8 Å². The Morgan fingerprint density at radius 3 is 2.92 bits per heavy atom. The van der Waals surface area contributed by atoms with Crippen molar-refractivity contribution in [2.24, 2.45) is 0 Å². The first-order chi connectivity index (χ1) is 6.38. The van der Waals surface area contributed by atoms with Crippen molar-refractivity contribution in [2.75, 3.05) is 19.0 Å². The molecule has 2 aliphatic heterocycles. The van der Waals surface area contributed by atoms with Crippen LogP contribution < -0.4 is 0 Å². The van der Waals surface area contributed by atoms with E-state index in [2.05, 4.69) is 0 Å². The van der Waals surface area contributed by atoms with Crippen molar-refractivity contribution in [2.45, 2.75) is 18.9 Å². The molecule has 2 aliphatic rings. The van der Waals surface area contributed by atoms with Crippen LogP contribution in [0.15, 0.2) is 11.6 Å². The molecule has 0 bridgehead atoms. The molecular formula is C9H13NO2S. The van der Waals surface area contributed by atoms with Crippen LogP contribution in [0.5, 0.6) is 0 Å². The van der Waals surface area contributed by atoms with Crippen LogP contribution in [0.4, 0.5) is 0 Å². The van der Waals surface area contributed by atoms with Gasteiger partial charge < -0.3 is 9.64 Å². The van der Waals surface area contributed by atoms with E-state index in [9.17, 15) is 4.79 Å². The van der Waals surface area contributed by atoms with Crippen molar-refractivity contribution >= 4 is 17.7 Å². The summed E-state index contributed by atoms with van der Waals surface area (Å²) in [6.07, 6.45) is 3.86. The van der Waals surface area contributed by atoms with Gasteiger partial charge >= 0.3 is 0 Å². The lowest BCUT2D eigenvalue weighted by atomic mass is 10.1. The van der Waals surface area contributed by atoms with E-state index in [1.807, 2.05) is 16.5 Å². The Kier molecular flexibility index (Phi) is 2.90. The Labute approximate surface area is 82.1 Å². The Bertz CT molecular complexity index is 224. The molecule has 0 spiro atoms. The zero-order valence-corrected chi connectivity index (χ0v) is 8.26. The summed E-state index contributed by atoms with van der Waals surface area (Å²) in [4.78, 5) is 13.4. The molecule has 3 nitrogen and oxygen atoms in total. The van der Waals surface area contributed by atoms with Gasteiger partial charge in [-0.2, -0.15) is 0 Å². The summed E-state index contributed by atoms with van der Waals surface area (Å²) >= 11 is 1.57. The van der Waals surface area contributed by atoms with Gasteiger partial charge in [-0.1, -0.05) is 0 Å². The normalized spacial score (nSPS) is 25.2. The third-order valence-corrected chi connectivity index (χ3v) is 3.12. The number of amides is 1. The molecule has 4 heteroatoms. The molecule has 13 heavy (non-hydrogen) atoms. The Hall–Kier alpha value is -0.480. The van der Waals surface area contributed by atoms with Gasteiger partial charge in [-0.25, -0.2) is 0 Å². The predicted octanol–water partition coefficient (Wildman–Crippen LogP) is 1.21. The van der Waals surface area contributed by atoms with Gasteiger partial charge in [0.15, 0.2) is 0 Å². The van der Waals surface area contributed by atoms with Crippen LogP contribution in [0.1, 0.15) is 12.8 Å². The van der Waals surface area contributed by atoms with E-state index in [0.29, 0.717) is 11.8 Å². The first kappa shape index (κ1) is 9.09. The maximum atomic E-state index is 11.5. The van der Waals surface area contributed by atoms with Crippen LogP contribution in [0, 0.1) is 0 Å². The quantitative estimate of drug-likeness (QED) is 0.636. The fourth-order valence-corrected chi connectivity index (χ4v) is 2.28. The Morgan fingerprint density at radius 2 is 2.23 bits per heavy atom. The second-order valence-electron chi connectivity index (χ2n) is 3.24. The Balaban J connectivity index is 2.00. The lowest BCUT2D eigenvalue weighted by molar-refractivity contribution is -0.129. The van der Waals surface area contributed by atoms with E-state index in [-0.39, 0.29) is 5.91 Å². The molecule has 0 aromatic carbocycles. The maximum Gasteiger partial charge on any atom is 0.237 e. The first-order valence-electron chi connectivity index (χ1n) is 4.55. The summed E-state index contributed by atoms with van der Waals surface area (Å²) in [5.74, 6) is 0.827. The summed E-state index contributed by atoms with van der Waals surface area (Å²) in [5.41, 5.74) is 0. The SMILES string of the molecule is O=C1CSC=CN1C1CCOCC1. The van der Waals surface area contributed by atoms with Gasteiger partial charge in [-0.15, -0.1) is 11.8 Å². The third-order valence-electron chi connectivity index (χ3n) is 2.40. The molecule has 2 rings (SSSR count). The number of rotatable bonds is 1. The van der Waals surface area contributed by atoms with Crippen LogP contribution in [-0.2, 0) is 9.53 Å². The molecule has 0 aromatic heterocycles. The van der Waals surface area contributed by atoms with Gasteiger partial charge in [0.1, 0.15) is 0 Å². The molecule has 0 aliphatic carbocycles. The number of hydrogen-bond acceptors (Lipinski definition) is 3. The van der Waals surface area contributed by atoms with Crippen LogP contribution >= 0.6 is 11.8 Å². The zero-order chi connectivity index (χ0) is 9.10. The number of nitrogens with zero attached hydrogens (tertiary/aromatic N) is 1. The highest BCUT2D eigenvalue weighted by Gasteiger charge is 2.25. The molecule has 0 aromatic rings. The van der Waals surface area contributed by atoms with Crippen LogP contribution in [-0.4, -0.2) is 35.8 Å². The summed E-state index contributed by atoms with van der Waals surface area (Å²) in [7, 11) is 0. The largest absolute Gasteiger partial charge is 0.381 e. The molecule has 0 N–H and O–H groups in total. The minimum Gasteiger partial charge on any atom is -0.381 e. The van der Waals surface area contributed by atoms with Crippen molar-refractivity contribution in [3.05, 3.63) is 11.6 Å². The highest BCUT2D eigenvalue weighted by Crippen LogP contribution is 2.20. The van der Waals surface area contributed by atoms with Crippen molar-refractivity contribution in [3.8, 4) is 0 Å². The number of thioether (sulfide) groups is 1. The number of carbonyl (C=O) groups excluding carboxylic acids is 1. The van der Waals surface area contributed by atoms with E-state index >= 15 is 0 Å². The van der Waals surface area contributed by atoms with E-state index in [0.717, 1.165) is 26.1 Å². The van der Waals surface area contributed by atoms with Crippen molar-refractivity contribution in [1.29, 1.82) is 0 Å². The smallest absolute Gasteiger partial charge is 0.237 e. The summed E-state index contributed by atoms with van der Waals surface area (Å²) in [5, 5.41) is 2.00. The second-order valence-corrected chi connectivity index (χ2v) is 4.13. The van der Waals surface area contributed by atoms with Crippen LogP contribution in [0.2, 0.25) is 0 Å². The van der Waals surface area contributed by atoms with Crippen LogP contribution in [0.3, 0.4) is 0 Å².